The summed E-state index contributed by atoms with van der Waals surface area (Å²) in [5.41, 5.74) is 0.574. The van der Waals surface area contributed by atoms with Crippen LogP contribution in [0.15, 0.2) is 18.3 Å². The van der Waals surface area contributed by atoms with Gasteiger partial charge < -0.3 is 10.4 Å². The number of nitrogens with zero attached hydrogens (tertiary/aromatic N) is 1. The molecule has 1 aromatic carbocycles. The Bertz CT molecular complexity index is 735. The number of anilines is 2. The van der Waals surface area contributed by atoms with Crippen LogP contribution in [0.3, 0.4) is 0 Å². The smallest absolute Gasteiger partial charge is 0.337 e. The first-order chi connectivity index (χ1) is 9.81. The fourth-order valence-electron chi connectivity index (χ4n) is 1.85. The predicted molar refractivity (Wildman–Crippen MR) is 75.3 cm³/mol. The summed E-state index contributed by atoms with van der Waals surface area (Å²) in [6, 6.07) is 2.63. The summed E-state index contributed by atoms with van der Waals surface area (Å²) in [6.45, 7) is 3.54. The molecule has 1 aromatic heterocycles. The van der Waals surface area contributed by atoms with Crippen molar-refractivity contribution < 1.29 is 18.7 Å². The Hall–Kier alpha value is -2.21. The third-order valence-electron chi connectivity index (χ3n) is 2.85. The van der Waals surface area contributed by atoms with E-state index in [1.807, 2.05) is 6.92 Å². The number of halogens is 3. The molecule has 0 spiro atoms. The predicted octanol–water partition coefficient (Wildman–Crippen LogP) is 4.07. The number of pyridine rings is 1. The van der Waals surface area contributed by atoms with Gasteiger partial charge in [-0.05, 0) is 31.0 Å². The number of carboxylic acid groups (broad SMARTS) is 1. The Labute approximate surface area is 124 Å². The van der Waals surface area contributed by atoms with Gasteiger partial charge in [0, 0.05) is 6.20 Å². The van der Waals surface area contributed by atoms with Gasteiger partial charge in [0.15, 0.2) is 11.6 Å². The largest absolute Gasteiger partial charge is 0.478 e. The molecular formula is C14H11ClF2N2O2. The fourth-order valence-corrected chi connectivity index (χ4v) is 2.04. The molecule has 0 atom stereocenters. The summed E-state index contributed by atoms with van der Waals surface area (Å²) < 4.78 is 27.5. The van der Waals surface area contributed by atoms with Gasteiger partial charge >= 0.3 is 5.97 Å². The topological polar surface area (TPSA) is 62.2 Å². The number of nitrogens with one attached hydrogen (secondary N) is 1. The SMILES string of the molecule is Cc1cnc(Nc2c(C(=O)O)cc(Cl)c(F)c2F)c(C)c1. The summed E-state index contributed by atoms with van der Waals surface area (Å²) in [7, 11) is 0. The lowest BCUT2D eigenvalue weighted by Crippen LogP contribution is -2.09. The summed E-state index contributed by atoms with van der Waals surface area (Å²) in [5, 5.41) is 11.0. The van der Waals surface area contributed by atoms with Crippen molar-refractivity contribution in [1.29, 1.82) is 0 Å². The Morgan fingerprint density at radius 1 is 1.29 bits per heavy atom. The van der Waals surface area contributed by atoms with E-state index in [1.165, 1.54) is 6.20 Å². The highest BCUT2D eigenvalue weighted by molar-refractivity contribution is 6.31. The van der Waals surface area contributed by atoms with Gasteiger partial charge in [-0.25, -0.2) is 18.6 Å². The molecule has 21 heavy (non-hydrogen) atoms. The van der Waals surface area contributed by atoms with Crippen LogP contribution < -0.4 is 5.32 Å². The normalized spacial score (nSPS) is 10.5. The molecule has 0 saturated carbocycles. The minimum Gasteiger partial charge on any atom is -0.478 e. The van der Waals surface area contributed by atoms with Crippen molar-refractivity contribution in [1.82, 2.24) is 4.98 Å². The van der Waals surface area contributed by atoms with Gasteiger partial charge in [-0.2, -0.15) is 0 Å². The first kappa shape index (κ1) is 15.2. The third kappa shape index (κ3) is 2.95. The number of carbonyl (C=O) groups is 1. The number of carboxylic acids is 1. The van der Waals surface area contributed by atoms with E-state index in [9.17, 15) is 13.6 Å². The number of benzene rings is 1. The maximum Gasteiger partial charge on any atom is 0.337 e. The van der Waals surface area contributed by atoms with Crippen molar-refractivity contribution in [3.8, 4) is 0 Å². The van der Waals surface area contributed by atoms with E-state index < -0.39 is 33.9 Å². The molecule has 0 amide bonds. The minimum absolute atomic E-state index is 0.240. The van der Waals surface area contributed by atoms with E-state index in [0.29, 0.717) is 5.56 Å². The van der Waals surface area contributed by atoms with Gasteiger partial charge in [-0.15, -0.1) is 0 Å². The summed E-state index contributed by atoms with van der Waals surface area (Å²) in [4.78, 5) is 15.2. The average Bonchev–Trinajstić information content (AvgIpc) is 2.41. The van der Waals surface area contributed by atoms with Crippen molar-refractivity contribution >= 4 is 29.1 Å². The van der Waals surface area contributed by atoms with Crippen molar-refractivity contribution in [2.75, 3.05) is 5.32 Å². The molecule has 0 aliphatic carbocycles. The Balaban J connectivity index is 2.57. The molecule has 7 heteroatoms. The van der Waals surface area contributed by atoms with Crippen LogP contribution in [0.4, 0.5) is 20.3 Å². The molecule has 4 nitrogen and oxygen atoms in total. The third-order valence-corrected chi connectivity index (χ3v) is 3.13. The number of rotatable bonds is 3. The second kappa shape index (κ2) is 5.65. The van der Waals surface area contributed by atoms with Crippen molar-refractivity contribution in [2.45, 2.75) is 13.8 Å². The molecule has 2 aromatic rings. The zero-order valence-corrected chi connectivity index (χ0v) is 11.9. The summed E-state index contributed by atoms with van der Waals surface area (Å²) in [5.74, 6) is -3.86. The summed E-state index contributed by atoms with van der Waals surface area (Å²) in [6.07, 6.45) is 1.53. The number of hydrogen-bond acceptors (Lipinski definition) is 3. The number of hydrogen-bond donors (Lipinski definition) is 2. The first-order valence-electron chi connectivity index (χ1n) is 5.92. The quantitative estimate of drug-likeness (QED) is 0.839. The number of aryl methyl sites for hydroxylation is 2. The maximum atomic E-state index is 14.0. The van der Waals surface area contributed by atoms with Gasteiger partial charge in [0.2, 0.25) is 0 Å². The van der Waals surface area contributed by atoms with Crippen LogP contribution in [-0.4, -0.2) is 16.1 Å². The molecule has 2 N–H and O–H groups in total. The first-order valence-corrected chi connectivity index (χ1v) is 6.30. The Morgan fingerprint density at radius 2 is 1.95 bits per heavy atom. The van der Waals surface area contributed by atoms with Crippen molar-refractivity contribution in [2.24, 2.45) is 0 Å². The molecule has 0 aliphatic heterocycles. The zero-order chi connectivity index (χ0) is 15.7. The second-order valence-corrected chi connectivity index (χ2v) is 4.92. The molecule has 0 fully saturated rings. The van der Waals surface area contributed by atoms with Gasteiger partial charge in [-0.3, -0.25) is 0 Å². The molecule has 0 radical (unpaired) electrons. The van der Waals surface area contributed by atoms with Crippen molar-refractivity contribution in [3.05, 3.63) is 51.7 Å². The van der Waals surface area contributed by atoms with Gasteiger partial charge in [0.1, 0.15) is 5.82 Å². The molecule has 1 heterocycles. The number of aromatic nitrogens is 1. The van der Waals surface area contributed by atoms with Crippen LogP contribution in [0.5, 0.6) is 0 Å². The lowest BCUT2D eigenvalue weighted by atomic mass is 10.1. The highest BCUT2D eigenvalue weighted by Gasteiger charge is 2.22. The van der Waals surface area contributed by atoms with E-state index >= 15 is 0 Å². The molecule has 0 saturated heterocycles. The van der Waals surface area contributed by atoms with Crippen LogP contribution in [-0.2, 0) is 0 Å². The van der Waals surface area contributed by atoms with Crippen molar-refractivity contribution in [3.63, 3.8) is 0 Å². The van der Waals surface area contributed by atoms with Crippen LogP contribution >= 0.6 is 11.6 Å². The van der Waals surface area contributed by atoms with E-state index in [1.54, 1.807) is 13.0 Å². The van der Waals surface area contributed by atoms with Crippen LogP contribution in [0.2, 0.25) is 5.02 Å². The van der Waals surface area contributed by atoms with Crippen LogP contribution in [0, 0.1) is 25.5 Å². The number of aromatic carboxylic acids is 1. The van der Waals surface area contributed by atoms with E-state index in [4.69, 9.17) is 16.7 Å². The highest BCUT2D eigenvalue weighted by atomic mass is 35.5. The average molecular weight is 313 g/mol. The van der Waals surface area contributed by atoms with E-state index in [-0.39, 0.29) is 5.82 Å². The standard InChI is InChI=1S/C14H11ClF2N2O2/c1-6-3-7(2)13(18-5-6)19-12-8(14(20)21)4-9(15)10(16)11(12)17/h3-5H,1-2H3,(H,18,19)(H,20,21). The van der Waals surface area contributed by atoms with E-state index in [0.717, 1.165) is 11.6 Å². The van der Waals surface area contributed by atoms with E-state index in [2.05, 4.69) is 10.3 Å². The van der Waals surface area contributed by atoms with Gasteiger partial charge in [0.05, 0.1) is 16.3 Å². The Morgan fingerprint density at radius 3 is 2.52 bits per heavy atom. The fraction of sp³-hybridized carbons (Fsp3) is 0.143. The highest BCUT2D eigenvalue weighted by Crippen LogP contribution is 2.31. The van der Waals surface area contributed by atoms with Crippen LogP contribution in [0.1, 0.15) is 21.5 Å². The molecule has 2 rings (SSSR count). The molecule has 0 unspecified atom stereocenters. The lowest BCUT2D eigenvalue weighted by molar-refractivity contribution is 0.0697. The van der Waals surface area contributed by atoms with Gasteiger partial charge in [0.25, 0.3) is 0 Å². The molecule has 0 bridgehead atoms. The molecule has 0 aliphatic rings. The Kier molecular flexibility index (Phi) is 4.09. The van der Waals surface area contributed by atoms with Gasteiger partial charge in [-0.1, -0.05) is 17.7 Å². The second-order valence-electron chi connectivity index (χ2n) is 4.52. The minimum atomic E-state index is -1.43. The monoisotopic (exact) mass is 312 g/mol. The molecular weight excluding hydrogens is 302 g/mol. The summed E-state index contributed by atoms with van der Waals surface area (Å²) >= 11 is 5.47. The zero-order valence-electron chi connectivity index (χ0n) is 11.2. The lowest BCUT2D eigenvalue weighted by Gasteiger charge is -2.13. The maximum absolute atomic E-state index is 14.0. The van der Waals surface area contributed by atoms with Crippen LogP contribution in [0.25, 0.3) is 0 Å². The molecule has 110 valence electrons.